The van der Waals surface area contributed by atoms with Gasteiger partial charge in [-0.05, 0) is 52.3 Å². The first-order valence-electron chi connectivity index (χ1n) is 12.1. The van der Waals surface area contributed by atoms with Crippen LogP contribution in [0.25, 0.3) is 5.69 Å². The van der Waals surface area contributed by atoms with Gasteiger partial charge in [0.2, 0.25) is 5.91 Å². The molecule has 0 unspecified atom stereocenters. The summed E-state index contributed by atoms with van der Waals surface area (Å²) in [6, 6.07) is 10.3. The molecule has 1 aliphatic rings. The average molecular weight is 474 g/mol. The molecule has 1 amide bonds. The molecule has 0 bridgehead atoms. The number of amides is 1. The maximum Gasteiger partial charge on any atom is 0.229 e. The number of alkyl halides is 1. The fourth-order valence-electron chi connectivity index (χ4n) is 4.17. The van der Waals surface area contributed by atoms with Gasteiger partial charge < -0.3 is 14.7 Å². The van der Waals surface area contributed by atoms with Gasteiger partial charge in [0, 0.05) is 44.2 Å². The highest BCUT2D eigenvalue weighted by Gasteiger charge is 2.33. The highest BCUT2D eigenvalue weighted by Crippen LogP contribution is 2.31. The van der Waals surface area contributed by atoms with Crippen LogP contribution in [-0.4, -0.2) is 71.1 Å². The van der Waals surface area contributed by atoms with Gasteiger partial charge in [0.05, 0.1) is 23.3 Å². The second-order valence-electron chi connectivity index (χ2n) is 10.4. The van der Waals surface area contributed by atoms with E-state index in [1.165, 1.54) is 0 Å². The molecule has 1 aliphatic heterocycles. The van der Waals surface area contributed by atoms with Crippen LogP contribution >= 0.6 is 11.6 Å². The summed E-state index contributed by atoms with van der Waals surface area (Å²) >= 11 is 6.20. The fraction of sp³-hybridized carbons (Fsp3) is 0.615. The standard InChI is InChI=1S/C26H40ClN5O/c1-20(2)12-13-31(25(33)26(4,5)19-27)18-23-21(3)28-32(22-10-8-7-9-11-22)24(23)30-16-14-29(6)15-17-30/h7-11,20H,12-19H2,1-6H3. The number of aromatic nitrogens is 2. The summed E-state index contributed by atoms with van der Waals surface area (Å²) in [6.45, 7) is 15.5. The van der Waals surface area contributed by atoms with Gasteiger partial charge in [0.15, 0.2) is 0 Å². The SMILES string of the molecule is Cc1nn(-c2ccccc2)c(N2CCN(C)CC2)c1CN(CCC(C)C)C(=O)C(C)(C)CCl. The predicted octanol–water partition coefficient (Wildman–Crippen LogP) is 4.57. The molecule has 0 radical (unpaired) electrons. The maximum absolute atomic E-state index is 13.5. The third-order valence-electron chi connectivity index (χ3n) is 6.49. The van der Waals surface area contributed by atoms with E-state index < -0.39 is 5.41 Å². The number of nitrogens with zero attached hydrogens (tertiary/aromatic N) is 5. The Hall–Kier alpha value is -2.05. The quantitative estimate of drug-likeness (QED) is 0.500. The van der Waals surface area contributed by atoms with Gasteiger partial charge >= 0.3 is 0 Å². The summed E-state index contributed by atoms with van der Waals surface area (Å²) in [6.07, 6.45) is 0.958. The number of carbonyl (C=O) groups excluding carboxylic acids is 1. The van der Waals surface area contributed by atoms with E-state index in [4.69, 9.17) is 16.7 Å². The first-order chi connectivity index (χ1) is 15.6. The number of anilines is 1. The Kier molecular flexibility index (Phi) is 8.46. The summed E-state index contributed by atoms with van der Waals surface area (Å²) in [5.41, 5.74) is 2.54. The van der Waals surface area contributed by atoms with Crippen molar-refractivity contribution in [3.8, 4) is 5.69 Å². The molecule has 0 saturated carbocycles. The van der Waals surface area contributed by atoms with Gasteiger partial charge in [-0.25, -0.2) is 4.68 Å². The van der Waals surface area contributed by atoms with Crippen molar-refractivity contribution in [2.75, 3.05) is 50.6 Å². The summed E-state index contributed by atoms with van der Waals surface area (Å²) in [4.78, 5) is 20.3. The Morgan fingerprint density at radius 1 is 1.15 bits per heavy atom. The van der Waals surface area contributed by atoms with Crippen LogP contribution in [0.2, 0.25) is 0 Å². The molecule has 0 spiro atoms. The van der Waals surface area contributed by atoms with Gasteiger partial charge in [0.25, 0.3) is 0 Å². The van der Waals surface area contributed by atoms with Crippen molar-refractivity contribution >= 4 is 23.3 Å². The highest BCUT2D eigenvalue weighted by atomic mass is 35.5. The number of halogens is 1. The number of para-hydroxylation sites is 1. The Morgan fingerprint density at radius 3 is 2.36 bits per heavy atom. The highest BCUT2D eigenvalue weighted by molar-refractivity contribution is 6.19. The molecule has 1 fully saturated rings. The van der Waals surface area contributed by atoms with Gasteiger partial charge in [-0.3, -0.25) is 4.79 Å². The van der Waals surface area contributed by atoms with Crippen molar-refractivity contribution < 1.29 is 4.79 Å². The molecule has 0 aliphatic carbocycles. The van der Waals surface area contributed by atoms with Gasteiger partial charge in [-0.2, -0.15) is 5.10 Å². The van der Waals surface area contributed by atoms with Crippen LogP contribution in [0.15, 0.2) is 30.3 Å². The monoisotopic (exact) mass is 473 g/mol. The van der Waals surface area contributed by atoms with E-state index in [1.54, 1.807) is 0 Å². The molecule has 1 aromatic carbocycles. The number of benzene rings is 1. The minimum Gasteiger partial charge on any atom is -0.354 e. The van der Waals surface area contributed by atoms with Crippen molar-refractivity contribution in [3.63, 3.8) is 0 Å². The molecule has 33 heavy (non-hydrogen) atoms. The van der Waals surface area contributed by atoms with Crippen molar-refractivity contribution in [2.45, 2.75) is 47.6 Å². The van der Waals surface area contributed by atoms with Crippen molar-refractivity contribution in [1.82, 2.24) is 19.6 Å². The molecule has 1 saturated heterocycles. The number of rotatable bonds is 9. The second kappa shape index (κ2) is 10.9. The molecular formula is C26H40ClN5O. The van der Waals surface area contributed by atoms with Crippen molar-refractivity contribution in [3.05, 3.63) is 41.6 Å². The van der Waals surface area contributed by atoms with E-state index in [1.807, 2.05) is 36.9 Å². The Morgan fingerprint density at radius 2 is 1.79 bits per heavy atom. The zero-order valence-electron chi connectivity index (χ0n) is 21.1. The minimum absolute atomic E-state index is 0.106. The molecule has 0 atom stereocenters. The lowest BCUT2D eigenvalue weighted by Gasteiger charge is -2.36. The maximum atomic E-state index is 13.5. The largest absolute Gasteiger partial charge is 0.354 e. The smallest absolute Gasteiger partial charge is 0.229 e. The normalized spacial score (nSPS) is 15.3. The third kappa shape index (κ3) is 6.10. The van der Waals surface area contributed by atoms with E-state index in [0.29, 0.717) is 18.3 Å². The first kappa shape index (κ1) is 25.6. The van der Waals surface area contributed by atoms with Gasteiger partial charge in [-0.15, -0.1) is 11.6 Å². The van der Waals surface area contributed by atoms with Gasteiger partial charge in [0.1, 0.15) is 5.82 Å². The van der Waals surface area contributed by atoms with Crippen molar-refractivity contribution in [1.29, 1.82) is 0 Å². The molecule has 0 N–H and O–H groups in total. The van der Waals surface area contributed by atoms with Crippen LogP contribution < -0.4 is 4.90 Å². The lowest BCUT2D eigenvalue weighted by atomic mass is 9.93. The number of piperazine rings is 1. The molecule has 3 rings (SSSR count). The minimum atomic E-state index is -0.601. The number of aryl methyl sites for hydroxylation is 1. The van der Waals surface area contributed by atoms with E-state index in [9.17, 15) is 4.79 Å². The van der Waals surface area contributed by atoms with Gasteiger partial charge in [-0.1, -0.05) is 32.0 Å². The van der Waals surface area contributed by atoms with E-state index in [0.717, 1.165) is 61.9 Å². The summed E-state index contributed by atoms with van der Waals surface area (Å²) < 4.78 is 2.06. The Labute approximate surface area is 204 Å². The zero-order chi connectivity index (χ0) is 24.2. The summed E-state index contributed by atoms with van der Waals surface area (Å²) in [5.74, 6) is 2.04. The van der Waals surface area contributed by atoms with E-state index in [-0.39, 0.29) is 5.91 Å². The van der Waals surface area contributed by atoms with Crippen LogP contribution in [0.3, 0.4) is 0 Å². The van der Waals surface area contributed by atoms with Crippen molar-refractivity contribution in [2.24, 2.45) is 11.3 Å². The van der Waals surface area contributed by atoms with Crippen LogP contribution in [-0.2, 0) is 11.3 Å². The van der Waals surface area contributed by atoms with E-state index >= 15 is 0 Å². The van der Waals surface area contributed by atoms with Crippen LogP contribution in [0.1, 0.15) is 45.4 Å². The molecule has 182 valence electrons. The Bertz CT molecular complexity index is 916. The summed E-state index contributed by atoms with van der Waals surface area (Å²) in [5, 5.41) is 4.96. The van der Waals surface area contributed by atoms with E-state index in [2.05, 4.69) is 54.4 Å². The molecule has 2 heterocycles. The lowest BCUT2D eigenvalue weighted by Crippen LogP contribution is -2.46. The molecular weight excluding hydrogens is 434 g/mol. The molecule has 6 nitrogen and oxygen atoms in total. The molecule has 7 heteroatoms. The second-order valence-corrected chi connectivity index (χ2v) is 10.6. The number of hydrogen-bond acceptors (Lipinski definition) is 4. The zero-order valence-corrected chi connectivity index (χ0v) is 21.9. The summed E-state index contributed by atoms with van der Waals surface area (Å²) in [7, 11) is 2.17. The number of likely N-dealkylation sites (N-methyl/N-ethyl adjacent to an activating group) is 1. The van der Waals surface area contributed by atoms with Crippen LogP contribution in [0.4, 0.5) is 5.82 Å². The molecule has 2 aromatic rings. The average Bonchev–Trinajstić information content (AvgIpc) is 3.13. The fourth-order valence-corrected chi connectivity index (χ4v) is 4.28. The third-order valence-corrected chi connectivity index (χ3v) is 7.15. The van der Waals surface area contributed by atoms with Crippen LogP contribution in [0, 0.1) is 18.3 Å². The number of hydrogen-bond donors (Lipinski definition) is 0. The predicted molar refractivity (Wildman–Crippen MR) is 137 cm³/mol. The lowest BCUT2D eigenvalue weighted by molar-refractivity contribution is -0.140. The topological polar surface area (TPSA) is 44.6 Å². The van der Waals surface area contributed by atoms with Crippen LogP contribution in [0.5, 0.6) is 0 Å². The Balaban J connectivity index is 2.03. The number of carbonyl (C=O) groups is 1. The molecule has 1 aromatic heterocycles. The first-order valence-corrected chi connectivity index (χ1v) is 12.6.